The maximum absolute atomic E-state index is 5.48. The molecule has 0 unspecified atom stereocenters. The molecule has 0 N–H and O–H groups in total. The van der Waals surface area contributed by atoms with Gasteiger partial charge in [-0.2, -0.15) is 18.6 Å². The van der Waals surface area contributed by atoms with Gasteiger partial charge in [0.25, 0.3) is 0 Å². The number of allylic oxidation sites excluding steroid dienone is 1. The van der Waals surface area contributed by atoms with Crippen molar-refractivity contribution in [2.75, 3.05) is 4.90 Å². The van der Waals surface area contributed by atoms with E-state index in [1.165, 1.54) is 33.5 Å². The Morgan fingerprint density at radius 3 is 1.86 bits per heavy atom. The molecule has 222 valence electrons. The summed E-state index contributed by atoms with van der Waals surface area (Å²) in [6.45, 7) is 15.1. The molecule has 1 heterocycles. The van der Waals surface area contributed by atoms with Gasteiger partial charge >= 0.3 is 34.5 Å². The molecule has 1 aliphatic heterocycles. The first-order valence-corrected chi connectivity index (χ1v) is 18.3. The third-order valence-corrected chi connectivity index (χ3v) is 8.15. The number of halogens is 2. The van der Waals surface area contributed by atoms with Crippen LogP contribution in [0, 0.1) is 20.9 Å². The molecule has 1 saturated heterocycles. The van der Waals surface area contributed by atoms with Crippen molar-refractivity contribution < 1.29 is 19.9 Å². The molecule has 3 aliphatic carbocycles. The molecule has 4 aromatic rings. The van der Waals surface area contributed by atoms with Crippen LogP contribution in [0.2, 0.25) is 0 Å². The molecule has 0 radical (unpaired) electrons. The molecule has 0 aromatic heterocycles. The van der Waals surface area contributed by atoms with Gasteiger partial charge in [-0.15, -0.1) is 6.07 Å². The van der Waals surface area contributed by atoms with Crippen molar-refractivity contribution >= 4 is 25.1 Å². The molecule has 1 fully saturated rings. The maximum atomic E-state index is 5.48. The zero-order valence-corrected chi connectivity index (χ0v) is 28.0. The molecule has 0 saturated carbocycles. The first-order valence-electron chi connectivity index (χ1n) is 13.8. The topological polar surface area (TPSA) is 12.5 Å². The fraction of sp³-hybridized carbons (Fsp3) is 0.216. The van der Waals surface area contributed by atoms with E-state index in [0.29, 0.717) is 5.92 Å². The van der Waals surface area contributed by atoms with E-state index in [9.17, 15) is 0 Å². The van der Waals surface area contributed by atoms with Gasteiger partial charge < -0.3 is 17.1 Å². The minimum atomic E-state index is -0.346. The Balaban J connectivity index is 0.000000229. The van der Waals surface area contributed by atoms with Crippen molar-refractivity contribution in [2.24, 2.45) is 0 Å². The van der Waals surface area contributed by atoms with E-state index >= 15 is 0 Å². The quantitative estimate of drug-likeness (QED) is 0.121. The minimum absolute atomic E-state index is 0. The predicted octanol–water partition coefficient (Wildman–Crippen LogP) is 10.3. The molecule has 1 spiro atoms. The number of para-hydroxylation sites is 2. The number of hydrogen-bond acceptors (Lipinski definition) is 2. The van der Waals surface area contributed by atoms with Crippen LogP contribution in [0.25, 0.3) is 0 Å². The summed E-state index contributed by atoms with van der Waals surface area (Å²) in [7, 11) is 9.71. The average Bonchev–Trinajstić information content (AvgIpc) is 3.23. The van der Waals surface area contributed by atoms with Crippen LogP contribution in [-0.4, -0.2) is 11.6 Å². The summed E-state index contributed by atoms with van der Waals surface area (Å²) in [4.78, 5) is 2.49. The first-order chi connectivity index (χ1) is 19.8. The van der Waals surface area contributed by atoms with Gasteiger partial charge in [0.2, 0.25) is 0 Å². The predicted molar refractivity (Wildman–Crippen MR) is 176 cm³/mol. The summed E-state index contributed by atoms with van der Waals surface area (Å²) in [6.07, 6.45) is 2.77. The molecule has 8 rings (SSSR count). The summed E-state index contributed by atoms with van der Waals surface area (Å²) < 4.78 is 5.48. The third kappa shape index (κ3) is 5.64. The van der Waals surface area contributed by atoms with Gasteiger partial charge in [-0.25, -0.2) is 6.54 Å². The monoisotopic (exact) mass is 684 g/mol. The van der Waals surface area contributed by atoms with Crippen molar-refractivity contribution in [1.29, 1.82) is 0 Å². The zero-order chi connectivity index (χ0) is 29.2. The van der Waals surface area contributed by atoms with Gasteiger partial charge in [0.15, 0.2) is 0 Å². The Morgan fingerprint density at radius 1 is 0.810 bits per heavy atom. The molecule has 0 amide bonds. The molecular formula is C37H38Cl2NORu-3. The van der Waals surface area contributed by atoms with E-state index in [0.717, 1.165) is 11.3 Å². The van der Waals surface area contributed by atoms with Crippen molar-refractivity contribution in [2.45, 2.75) is 50.7 Å². The molecule has 5 heteroatoms. The second-order valence-corrected chi connectivity index (χ2v) is 13.9. The molecule has 2 nitrogen and oxygen atoms in total. The summed E-state index contributed by atoms with van der Waals surface area (Å²) in [5.74, 6) is 1.24. The second kappa shape index (κ2) is 13.3. The van der Waals surface area contributed by atoms with E-state index in [2.05, 4.69) is 117 Å². The van der Waals surface area contributed by atoms with Crippen molar-refractivity contribution in [3.8, 4) is 5.75 Å². The molecule has 42 heavy (non-hydrogen) atoms. The SMILES string of the molecule is CC1(C)C2=CC3c4ccccc4C2([CH-]N1c1ccccc1)c1ccccc13.[CH2-]c1ccccc1OC(C)C.[CH3-].[Cl][Ru][Cl]. The van der Waals surface area contributed by atoms with E-state index in [1.807, 2.05) is 38.1 Å². The number of anilines is 1. The Kier molecular flexibility index (Phi) is 10.2. The van der Waals surface area contributed by atoms with E-state index in [4.69, 9.17) is 24.1 Å². The molecule has 2 bridgehead atoms. The number of benzene rings is 4. The van der Waals surface area contributed by atoms with Crippen molar-refractivity contribution in [3.05, 3.63) is 163 Å². The van der Waals surface area contributed by atoms with Crippen LogP contribution in [0.1, 0.15) is 61.4 Å². The van der Waals surface area contributed by atoms with E-state index < -0.39 is 0 Å². The Labute approximate surface area is 268 Å². The van der Waals surface area contributed by atoms with Crippen LogP contribution in [0.5, 0.6) is 5.75 Å². The standard InChI is InChI=1S/C26H22N.C10H13O.CH3.2ClH.Ru/c1-25(2)24-16-21-19-12-6-8-14-22(19)26(24,23-15-9-7-13-20(21)23)17-27(25)18-10-4-3-5-11-18;1-8(2)11-10-7-5-4-6-9(10)3;;;;/h3-17,21H,1-2H3;4-8H,3H2,1-2H3;1H3;2*1H;/q3*-1;;;+2/p-2. The summed E-state index contributed by atoms with van der Waals surface area (Å²) in [5.41, 5.74) is 9.31. The Bertz CT molecular complexity index is 1480. The first kappa shape index (κ1) is 32.2. The fourth-order valence-corrected chi connectivity index (χ4v) is 6.57. The van der Waals surface area contributed by atoms with Crippen molar-refractivity contribution in [3.63, 3.8) is 0 Å². The summed E-state index contributed by atoms with van der Waals surface area (Å²) in [5, 5.41) is 0. The molecule has 0 atom stereocenters. The van der Waals surface area contributed by atoms with E-state index in [-0.39, 0.29) is 39.6 Å². The molecule has 4 aliphatic rings. The van der Waals surface area contributed by atoms with Gasteiger partial charge in [-0.05, 0) is 51.0 Å². The number of ether oxygens (including phenoxy) is 1. The molecule has 4 aromatic carbocycles. The van der Waals surface area contributed by atoms with Crippen LogP contribution in [0.3, 0.4) is 0 Å². The Hall–Kier alpha value is -2.71. The summed E-state index contributed by atoms with van der Waals surface area (Å²) >= 11 is -0.346. The van der Waals surface area contributed by atoms with Crippen LogP contribution >= 0.6 is 19.4 Å². The Morgan fingerprint density at radius 2 is 1.31 bits per heavy atom. The normalized spacial score (nSPS) is 20.0. The second-order valence-electron chi connectivity index (χ2n) is 11.3. The summed E-state index contributed by atoms with van der Waals surface area (Å²) in [6, 6.07) is 36.6. The molecular weight excluding hydrogens is 646 g/mol. The van der Waals surface area contributed by atoms with E-state index in [1.54, 1.807) is 0 Å². The third-order valence-electron chi connectivity index (χ3n) is 8.15. The van der Waals surface area contributed by atoms with Gasteiger partial charge in [0.1, 0.15) is 0 Å². The number of nitrogens with zero attached hydrogens (tertiary/aromatic N) is 1. The van der Waals surface area contributed by atoms with Gasteiger partial charge in [-0.1, -0.05) is 107 Å². The van der Waals surface area contributed by atoms with Crippen LogP contribution < -0.4 is 9.64 Å². The van der Waals surface area contributed by atoms with Gasteiger partial charge in [0.05, 0.1) is 6.10 Å². The fourth-order valence-electron chi connectivity index (χ4n) is 6.57. The van der Waals surface area contributed by atoms with Gasteiger partial charge in [-0.3, -0.25) is 0 Å². The van der Waals surface area contributed by atoms with Crippen LogP contribution in [-0.2, 0) is 20.6 Å². The zero-order valence-electron chi connectivity index (χ0n) is 24.8. The van der Waals surface area contributed by atoms with Crippen LogP contribution in [0.15, 0.2) is 115 Å². The van der Waals surface area contributed by atoms with Crippen LogP contribution in [0.4, 0.5) is 5.69 Å². The number of hydrogen-bond donors (Lipinski definition) is 0. The van der Waals surface area contributed by atoms with Crippen molar-refractivity contribution in [1.82, 2.24) is 0 Å². The van der Waals surface area contributed by atoms with Gasteiger partial charge in [0, 0.05) is 22.9 Å². The number of rotatable bonds is 3. The average molecular weight is 685 g/mol.